The summed E-state index contributed by atoms with van der Waals surface area (Å²) in [5, 5.41) is 0. The Labute approximate surface area is 142 Å². The molecular weight excluding hydrogens is 336 g/mol. The molecule has 1 atom stereocenters. The van der Waals surface area contributed by atoms with E-state index in [2.05, 4.69) is 4.72 Å². The van der Waals surface area contributed by atoms with Gasteiger partial charge in [-0.25, -0.2) is 13.1 Å². The lowest BCUT2D eigenvalue weighted by Gasteiger charge is -2.26. The Balaban J connectivity index is 0.00000192. The summed E-state index contributed by atoms with van der Waals surface area (Å²) in [4.78, 5) is 0.215. The van der Waals surface area contributed by atoms with Gasteiger partial charge in [0.2, 0.25) is 10.0 Å². The summed E-state index contributed by atoms with van der Waals surface area (Å²) in [6.45, 7) is 3.40. The van der Waals surface area contributed by atoms with Gasteiger partial charge in [0.05, 0.1) is 0 Å². The molecule has 7 heteroatoms. The van der Waals surface area contributed by atoms with Gasteiger partial charge in [0.1, 0.15) is 16.4 Å². The van der Waals surface area contributed by atoms with Crippen LogP contribution in [0.5, 0.6) is 0 Å². The molecule has 0 aliphatic heterocycles. The summed E-state index contributed by atoms with van der Waals surface area (Å²) in [7, 11) is -3.60. The van der Waals surface area contributed by atoms with Crippen molar-refractivity contribution in [2.75, 3.05) is 5.73 Å². The lowest BCUT2D eigenvalue weighted by Crippen LogP contribution is -2.31. The van der Waals surface area contributed by atoms with Gasteiger partial charge in [-0.1, -0.05) is 6.07 Å². The third-order valence-electron chi connectivity index (χ3n) is 4.06. The Hall–Kier alpha value is -1.50. The van der Waals surface area contributed by atoms with Crippen molar-refractivity contribution in [2.24, 2.45) is 0 Å². The molecule has 1 aromatic heterocycles. The number of fused-ring (bicyclic) bond motifs is 1. The van der Waals surface area contributed by atoms with E-state index >= 15 is 0 Å². The Morgan fingerprint density at radius 3 is 2.65 bits per heavy atom. The van der Waals surface area contributed by atoms with Crippen LogP contribution in [0, 0.1) is 13.8 Å². The Morgan fingerprint density at radius 1 is 1.26 bits per heavy atom. The quantitative estimate of drug-likeness (QED) is 0.826. The second-order valence-electron chi connectivity index (χ2n) is 5.80. The molecule has 1 unspecified atom stereocenters. The first-order valence-electron chi connectivity index (χ1n) is 7.34. The Bertz CT molecular complexity index is 815. The number of hydrogen-bond acceptors (Lipinski definition) is 4. The highest BCUT2D eigenvalue weighted by molar-refractivity contribution is 7.89. The Kier molecular flexibility index (Phi) is 5.08. The number of hydrogen-bond donors (Lipinski definition) is 2. The van der Waals surface area contributed by atoms with Crippen LogP contribution in [0.25, 0.3) is 0 Å². The zero-order valence-electron chi connectivity index (χ0n) is 13.1. The number of benzene rings is 1. The van der Waals surface area contributed by atoms with E-state index < -0.39 is 10.0 Å². The van der Waals surface area contributed by atoms with Gasteiger partial charge in [-0.15, -0.1) is 12.4 Å². The highest BCUT2D eigenvalue weighted by atomic mass is 35.5. The summed E-state index contributed by atoms with van der Waals surface area (Å²) in [5.41, 5.74) is 8.67. The fourth-order valence-electron chi connectivity index (χ4n) is 3.08. The van der Waals surface area contributed by atoms with Crippen molar-refractivity contribution in [1.29, 1.82) is 0 Å². The number of nitrogens with two attached hydrogens (primary N) is 1. The molecule has 0 amide bonds. The van der Waals surface area contributed by atoms with E-state index in [-0.39, 0.29) is 23.3 Å². The van der Waals surface area contributed by atoms with Crippen LogP contribution in [-0.4, -0.2) is 8.42 Å². The van der Waals surface area contributed by atoms with Gasteiger partial charge in [-0.3, -0.25) is 0 Å². The summed E-state index contributed by atoms with van der Waals surface area (Å²) < 4.78 is 33.4. The molecule has 2 aromatic rings. The van der Waals surface area contributed by atoms with Crippen molar-refractivity contribution in [1.82, 2.24) is 4.72 Å². The molecule has 0 saturated carbocycles. The monoisotopic (exact) mass is 356 g/mol. The maximum atomic E-state index is 12.6. The highest BCUT2D eigenvalue weighted by Crippen LogP contribution is 2.32. The number of nitrogen functional groups attached to an aromatic ring is 1. The normalized spacial score (nSPS) is 17.4. The number of aryl methyl sites for hydroxylation is 3. The SMILES string of the molecule is Cc1cc(S(=O)(=O)NC2CCCc3cc(N)ccc32)c(C)o1.Cl. The topological polar surface area (TPSA) is 85.3 Å². The van der Waals surface area contributed by atoms with Crippen molar-refractivity contribution in [3.8, 4) is 0 Å². The van der Waals surface area contributed by atoms with Crippen molar-refractivity contribution in [3.63, 3.8) is 0 Å². The first kappa shape index (κ1) is 17.8. The van der Waals surface area contributed by atoms with Crippen LogP contribution >= 0.6 is 12.4 Å². The molecule has 1 aliphatic rings. The van der Waals surface area contributed by atoms with E-state index in [1.54, 1.807) is 19.9 Å². The van der Waals surface area contributed by atoms with E-state index in [4.69, 9.17) is 10.2 Å². The summed E-state index contributed by atoms with van der Waals surface area (Å²) in [6, 6.07) is 7.01. The molecule has 3 N–H and O–H groups in total. The predicted octanol–water partition coefficient (Wildman–Crippen LogP) is 3.26. The lowest BCUT2D eigenvalue weighted by molar-refractivity contribution is 0.489. The fraction of sp³-hybridized carbons (Fsp3) is 0.375. The van der Waals surface area contributed by atoms with Crippen LogP contribution in [0.2, 0.25) is 0 Å². The zero-order chi connectivity index (χ0) is 15.9. The summed E-state index contributed by atoms with van der Waals surface area (Å²) in [5.74, 6) is 1.01. The molecular formula is C16H21ClN2O3S. The molecule has 1 aromatic carbocycles. The lowest BCUT2D eigenvalue weighted by atomic mass is 9.88. The smallest absolute Gasteiger partial charge is 0.244 e. The van der Waals surface area contributed by atoms with Crippen molar-refractivity contribution >= 4 is 28.1 Å². The van der Waals surface area contributed by atoms with Gasteiger partial charge in [-0.05, 0) is 62.4 Å². The molecule has 0 radical (unpaired) electrons. The van der Waals surface area contributed by atoms with Crippen LogP contribution in [-0.2, 0) is 16.4 Å². The van der Waals surface area contributed by atoms with Crippen LogP contribution < -0.4 is 10.5 Å². The zero-order valence-corrected chi connectivity index (χ0v) is 14.8. The van der Waals surface area contributed by atoms with Gasteiger partial charge in [0, 0.05) is 11.7 Å². The van der Waals surface area contributed by atoms with E-state index in [1.807, 2.05) is 18.2 Å². The number of halogens is 1. The first-order chi connectivity index (χ1) is 10.4. The molecule has 0 bridgehead atoms. The molecule has 126 valence electrons. The number of furan rings is 1. The first-order valence-corrected chi connectivity index (χ1v) is 8.83. The number of anilines is 1. The minimum Gasteiger partial charge on any atom is -0.465 e. The minimum absolute atomic E-state index is 0. The Morgan fingerprint density at radius 2 is 2.00 bits per heavy atom. The standard InChI is InChI=1S/C16H20N2O3S.ClH/c1-10-8-16(11(2)21-10)22(19,20)18-15-5-3-4-12-9-13(17)6-7-14(12)15;/h6-9,15,18H,3-5,17H2,1-2H3;1H. The van der Waals surface area contributed by atoms with Crippen molar-refractivity contribution in [3.05, 3.63) is 46.9 Å². The average molecular weight is 357 g/mol. The van der Waals surface area contributed by atoms with Crippen LogP contribution in [0.1, 0.15) is 41.5 Å². The van der Waals surface area contributed by atoms with E-state index in [1.165, 1.54) is 0 Å². The molecule has 23 heavy (non-hydrogen) atoms. The van der Waals surface area contributed by atoms with Crippen LogP contribution in [0.3, 0.4) is 0 Å². The second-order valence-corrected chi connectivity index (χ2v) is 7.48. The molecule has 0 spiro atoms. The number of nitrogens with one attached hydrogen (secondary N) is 1. The predicted molar refractivity (Wildman–Crippen MR) is 92.3 cm³/mol. The summed E-state index contributed by atoms with van der Waals surface area (Å²) in [6.07, 6.45) is 2.65. The fourth-order valence-corrected chi connectivity index (χ4v) is 4.57. The number of sulfonamides is 1. The maximum Gasteiger partial charge on any atom is 0.244 e. The van der Waals surface area contributed by atoms with E-state index in [9.17, 15) is 8.42 Å². The van der Waals surface area contributed by atoms with Gasteiger partial charge in [0.25, 0.3) is 0 Å². The third-order valence-corrected chi connectivity index (χ3v) is 5.64. The van der Waals surface area contributed by atoms with E-state index in [0.717, 1.165) is 30.4 Å². The molecule has 5 nitrogen and oxygen atoms in total. The van der Waals surface area contributed by atoms with Gasteiger partial charge in [-0.2, -0.15) is 0 Å². The maximum absolute atomic E-state index is 12.6. The highest BCUT2D eigenvalue weighted by Gasteiger charge is 2.28. The average Bonchev–Trinajstić information content (AvgIpc) is 2.78. The summed E-state index contributed by atoms with van der Waals surface area (Å²) >= 11 is 0. The minimum atomic E-state index is -3.60. The second kappa shape index (κ2) is 6.55. The van der Waals surface area contributed by atoms with Crippen LogP contribution in [0.15, 0.2) is 33.6 Å². The van der Waals surface area contributed by atoms with Gasteiger partial charge < -0.3 is 10.2 Å². The molecule has 1 heterocycles. The van der Waals surface area contributed by atoms with Crippen LogP contribution in [0.4, 0.5) is 5.69 Å². The third kappa shape index (κ3) is 3.54. The van der Waals surface area contributed by atoms with Crippen molar-refractivity contribution in [2.45, 2.75) is 44.0 Å². The molecule has 0 saturated heterocycles. The van der Waals surface area contributed by atoms with E-state index in [0.29, 0.717) is 17.2 Å². The largest absolute Gasteiger partial charge is 0.465 e. The van der Waals surface area contributed by atoms with Gasteiger partial charge >= 0.3 is 0 Å². The molecule has 0 fully saturated rings. The van der Waals surface area contributed by atoms with Gasteiger partial charge in [0.15, 0.2) is 0 Å². The molecule has 1 aliphatic carbocycles. The number of rotatable bonds is 3. The molecule has 3 rings (SSSR count). The van der Waals surface area contributed by atoms with Crippen molar-refractivity contribution < 1.29 is 12.8 Å².